The molecule has 128 valence electrons. The summed E-state index contributed by atoms with van der Waals surface area (Å²) in [7, 11) is 0. The molecule has 1 aromatic carbocycles. The second-order valence-electron chi connectivity index (χ2n) is 5.63. The summed E-state index contributed by atoms with van der Waals surface area (Å²) in [5.74, 6) is 0.895. The lowest BCUT2D eigenvalue weighted by molar-refractivity contribution is -0.142. The van der Waals surface area contributed by atoms with E-state index in [0.717, 1.165) is 11.1 Å². The molecule has 1 atom stereocenters. The van der Waals surface area contributed by atoms with Crippen LogP contribution in [0.5, 0.6) is 5.75 Å². The zero-order valence-corrected chi connectivity index (χ0v) is 14.2. The van der Waals surface area contributed by atoms with Crippen molar-refractivity contribution in [3.05, 3.63) is 40.5 Å². The van der Waals surface area contributed by atoms with Crippen molar-refractivity contribution in [3.63, 3.8) is 0 Å². The Morgan fingerprint density at radius 2 is 2.17 bits per heavy atom. The molecule has 2 heterocycles. The van der Waals surface area contributed by atoms with E-state index >= 15 is 0 Å². The fraction of sp³-hybridized carbons (Fsp3) is 0.438. The molecule has 0 spiro atoms. The highest BCUT2D eigenvalue weighted by molar-refractivity contribution is 6.32. The lowest BCUT2D eigenvalue weighted by Gasteiger charge is -2.33. The molecule has 24 heavy (non-hydrogen) atoms. The van der Waals surface area contributed by atoms with Crippen molar-refractivity contribution < 1.29 is 18.8 Å². The number of carbonyl (C=O) groups excluding carboxylic acids is 1. The van der Waals surface area contributed by atoms with E-state index in [1.807, 2.05) is 26.0 Å². The van der Waals surface area contributed by atoms with Gasteiger partial charge in [0.05, 0.1) is 13.2 Å². The van der Waals surface area contributed by atoms with Gasteiger partial charge >= 0.3 is 0 Å². The summed E-state index contributed by atoms with van der Waals surface area (Å²) in [6.07, 6.45) is 1.24. The third-order valence-electron chi connectivity index (χ3n) is 3.90. The molecular weight excluding hydrogens is 334 g/mol. The number of rotatable bonds is 4. The molecular formula is C16H18ClN3O4. The standard InChI is InChI=1S/C16H18ClN3O4/c1-10-5-12(6-11(2)15(10)17)23-8-14(21)20-3-4-22-7-13(20)16-18-9-24-19-16/h5-6,9,13H,3-4,7-8H2,1-2H3/t13-/m0/s1. The van der Waals surface area contributed by atoms with Crippen molar-refractivity contribution in [3.8, 4) is 5.75 Å². The van der Waals surface area contributed by atoms with Gasteiger partial charge in [-0.15, -0.1) is 0 Å². The summed E-state index contributed by atoms with van der Waals surface area (Å²) in [5, 5.41) is 4.52. The average Bonchev–Trinajstić information content (AvgIpc) is 3.12. The minimum Gasteiger partial charge on any atom is -0.484 e. The topological polar surface area (TPSA) is 77.7 Å². The Bertz CT molecular complexity index is 697. The highest BCUT2D eigenvalue weighted by atomic mass is 35.5. The molecule has 7 nitrogen and oxygen atoms in total. The number of halogens is 1. The van der Waals surface area contributed by atoms with Gasteiger partial charge in [-0.3, -0.25) is 4.79 Å². The number of ether oxygens (including phenoxy) is 2. The number of benzene rings is 1. The number of morpholine rings is 1. The summed E-state index contributed by atoms with van der Waals surface area (Å²) >= 11 is 6.14. The Morgan fingerprint density at radius 3 is 2.83 bits per heavy atom. The maximum Gasteiger partial charge on any atom is 0.261 e. The quantitative estimate of drug-likeness (QED) is 0.841. The van der Waals surface area contributed by atoms with Crippen LogP contribution in [0.2, 0.25) is 5.02 Å². The molecule has 0 radical (unpaired) electrons. The van der Waals surface area contributed by atoms with Crippen LogP contribution in [0.1, 0.15) is 23.0 Å². The molecule has 1 fully saturated rings. The van der Waals surface area contributed by atoms with Crippen molar-refractivity contribution in [1.82, 2.24) is 15.0 Å². The van der Waals surface area contributed by atoms with Gasteiger partial charge < -0.3 is 18.9 Å². The molecule has 1 saturated heterocycles. The van der Waals surface area contributed by atoms with Gasteiger partial charge in [-0.05, 0) is 37.1 Å². The predicted octanol–water partition coefficient (Wildman–Crippen LogP) is 2.32. The van der Waals surface area contributed by atoms with Crippen molar-refractivity contribution in [1.29, 1.82) is 0 Å². The molecule has 0 unspecified atom stereocenters. The lowest BCUT2D eigenvalue weighted by Crippen LogP contribution is -2.45. The van der Waals surface area contributed by atoms with E-state index in [1.54, 1.807) is 4.90 Å². The number of carbonyl (C=O) groups is 1. The van der Waals surface area contributed by atoms with Crippen LogP contribution in [0.25, 0.3) is 0 Å². The normalized spacial score (nSPS) is 17.8. The van der Waals surface area contributed by atoms with Crippen LogP contribution in [0.4, 0.5) is 0 Å². The monoisotopic (exact) mass is 351 g/mol. The molecule has 2 aromatic rings. The van der Waals surface area contributed by atoms with E-state index in [4.69, 9.17) is 25.6 Å². The van der Waals surface area contributed by atoms with Gasteiger partial charge in [-0.2, -0.15) is 4.98 Å². The summed E-state index contributed by atoms with van der Waals surface area (Å²) in [4.78, 5) is 18.2. The Labute approximate surface area is 144 Å². The maximum absolute atomic E-state index is 12.5. The molecule has 1 amide bonds. The van der Waals surface area contributed by atoms with Gasteiger partial charge in [0.25, 0.3) is 5.91 Å². The first-order valence-electron chi connectivity index (χ1n) is 7.59. The number of hydrogen-bond acceptors (Lipinski definition) is 6. The summed E-state index contributed by atoms with van der Waals surface area (Å²) in [6.45, 7) is 5.00. The first kappa shape index (κ1) is 16.7. The molecule has 1 aliphatic heterocycles. The molecule has 0 N–H and O–H groups in total. The molecule has 0 aliphatic carbocycles. The SMILES string of the molecule is Cc1cc(OCC(=O)N2CCOC[C@H]2c2ncon2)cc(C)c1Cl. The van der Waals surface area contributed by atoms with Crippen molar-refractivity contribution in [2.75, 3.05) is 26.4 Å². The van der Waals surface area contributed by atoms with E-state index < -0.39 is 0 Å². The fourth-order valence-corrected chi connectivity index (χ4v) is 2.77. The maximum atomic E-state index is 12.5. The Balaban J connectivity index is 1.67. The highest BCUT2D eigenvalue weighted by Crippen LogP contribution is 2.26. The fourth-order valence-electron chi connectivity index (χ4n) is 2.66. The largest absolute Gasteiger partial charge is 0.484 e. The van der Waals surface area contributed by atoms with E-state index in [-0.39, 0.29) is 18.6 Å². The van der Waals surface area contributed by atoms with Gasteiger partial charge in [0.15, 0.2) is 12.4 Å². The minimum atomic E-state index is -0.359. The van der Waals surface area contributed by atoms with Crippen LogP contribution in [-0.2, 0) is 9.53 Å². The summed E-state index contributed by atoms with van der Waals surface area (Å²) < 4.78 is 15.8. The van der Waals surface area contributed by atoms with Gasteiger partial charge in [0, 0.05) is 11.6 Å². The molecule has 1 aliphatic rings. The highest BCUT2D eigenvalue weighted by Gasteiger charge is 2.31. The molecule has 0 bridgehead atoms. The smallest absolute Gasteiger partial charge is 0.261 e. The van der Waals surface area contributed by atoms with Gasteiger partial charge in [0.1, 0.15) is 11.8 Å². The van der Waals surface area contributed by atoms with Gasteiger partial charge in [0.2, 0.25) is 6.39 Å². The van der Waals surface area contributed by atoms with Crippen LogP contribution in [0.3, 0.4) is 0 Å². The van der Waals surface area contributed by atoms with Crippen LogP contribution >= 0.6 is 11.6 Å². The number of aryl methyl sites for hydroxylation is 2. The third kappa shape index (κ3) is 3.52. The van der Waals surface area contributed by atoms with Crippen LogP contribution in [0, 0.1) is 13.8 Å². The second kappa shape index (κ2) is 7.19. The number of aromatic nitrogens is 2. The van der Waals surface area contributed by atoms with Gasteiger partial charge in [-0.25, -0.2) is 0 Å². The average molecular weight is 352 g/mol. The second-order valence-corrected chi connectivity index (χ2v) is 6.00. The lowest BCUT2D eigenvalue weighted by atomic mass is 10.1. The van der Waals surface area contributed by atoms with Crippen LogP contribution in [0.15, 0.2) is 23.0 Å². The Hall–Kier alpha value is -2.12. The van der Waals surface area contributed by atoms with Crippen LogP contribution < -0.4 is 4.74 Å². The number of nitrogens with zero attached hydrogens (tertiary/aromatic N) is 3. The van der Waals surface area contributed by atoms with Crippen molar-refractivity contribution >= 4 is 17.5 Å². The summed E-state index contributed by atoms with van der Waals surface area (Å²) in [6, 6.07) is 3.28. The van der Waals surface area contributed by atoms with E-state index in [0.29, 0.717) is 36.4 Å². The van der Waals surface area contributed by atoms with Crippen molar-refractivity contribution in [2.24, 2.45) is 0 Å². The predicted molar refractivity (Wildman–Crippen MR) is 86.0 cm³/mol. The first-order chi connectivity index (χ1) is 11.6. The van der Waals surface area contributed by atoms with Crippen LogP contribution in [-0.4, -0.2) is 47.3 Å². The van der Waals surface area contributed by atoms with E-state index in [1.165, 1.54) is 6.39 Å². The summed E-state index contributed by atoms with van der Waals surface area (Å²) in [5.41, 5.74) is 1.82. The first-order valence-corrected chi connectivity index (χ1v) is 7.97. The minimum absolute atomic E-state index is 0.0745. The zero-order chi connectivity index (χ0) is 17.1. The number of amides is 1. The zero-order valence-electron chi connectivity index (χ0n) is 13.5. The third-order valence-corrected chi connectivity index (χ3v) is 4.49. The molecule has 1 aromatic heterocycles. The van der Waals surface area contributed by atoms with E-state index in [9.17, 15) is 4.79 Å². The molecule has 0 saturated carbocycles. The van der Waals surface area contributed by atoms with Gasteiger partial charge in [-0.1, -0.05) is 16.8 Å². The molecule has 8 heteroatoms. The molecule has 3 rings (SSSR count). The Morgan fingerprint density at radius 1 is 1.42 bits per heavy atom. The van der Waals surface area contributed by atoms with E-state index in [2.05, 4.69) is 10.1 Å². The number of hydrogen-bond donors (Lipinski definition) is 0. The van der Waals surface area contributed by atoms with Crippen molar-refractivity contribution in [2.45, 2.75) is 19.9 Å². The Kier molecular flexibility index (Phi) is 5.01.